The minimum absolute atomic E-state index is 0.0489. The van der Waals surface area contributed by atoms with Crippen molar-refractivity contribution >= 4 is 39.1 Å². The lowest BCUT2D eigenvalue weighted by Crippen LogP contribution is -2.31. The van der Waals surface area contributed by atoms with E-state index in [1.165, 1.54) is 28.8 Å². The molecule has 0 aliphatic carbocycles. The van der Waals surface area contributed by atoms with Gasteiger partial charge in [0.1, 0.15) is 5.76 Å². The summed E-state index contributed by atoms with van der Waals surface area (Å²) in [6.45, 7) is 4.72. The fourth-order valence-corrected chi connectivity index (χ4v) is 5.05. The van der Waals surface area contributed by atoms with Crippen LogP contribution in [-0.4, -0.2) is 49.1 Å². The van der Waals surface area contributed by atoms with E-state index in [1.807, 2.05) is 0 Å². The number of sulfonamides is 1. The Bertz CT molecular complexity index is 1020. The van der Waals surface area contributed by atoms with Gasteiger partial charge < -0.3 is 14.6 Å². The predicted molar refractivity (Wildman–Crippen MR) is 112 cm³/mol. The highest BCUT2D eigenvalue weighted by molar-refractivity contribution is 7.89. The molecule has 1 aromatic heterocycles. The van der Waals surface area contributed by atoms with Crippen LogP contribution in [0, 0.1) is 5.92 Å². The molecule has 0 spiro atoms. The lowest BCUT2D eigenvalue weighted by atomic mass is 10.1. The van der Waals surface area contributed by atoms with Crippen molar-refractivity contribution in [3.63, 3.8) is 0 Å². The summed E-state index contributed by atoms with van der Waals surface area (Å²) in [5.41, 5.74) is 0.201. The first-order chi connectivity index (χ1) is 14.3. The third-order valence-corrected chi connectivity index (χ3v) is 7.43. The maximum atomic E-state index is 12.7. The Hall–Kier alpha value is -2.36. The average Bonchev–Trinajstić information content (AvgIpc) is 3.34. The summed E-state index contributed by atoms with van der Waals surface area (Å²) in [7, 11) is -3.69. The van der Waals surface area contributed by atoms with Crippen molar-refractivity contribution < 1.29 is 22.4 Å². The molecule has 2 aromatic rings. The normalized spacial score (nSPS) is 17.0. The van der Waals surface area contributed by atoms with Crippen molar-refractivity contribution in [2.75, 3.05) is 25.0 Å². The van der Waals surface area contributed by atoms with E-state index in [1.54, 1.807) is 30.9 Å². The zero-order valence-electron chi connectivity index (χ0n) is 16.8. The number of carbonyl (C=O) groups is 2. The second kappa shape index (κ2) is 9.20. The smallest absolute Gasteiger partial charge is 0.243 e. The molecule has 30 heavy (non-hydrogen) atoms. The third-order valence-electron chi connectivity index (χ3n) is 5.05. The van der Waals surface area contributed by atoms with Crippen LogP contribution in [0.1, 0.15) is 26.0 Å². The van der Waals surface area contributed by atoms with Crippen LogP contribution in [0.5, 0.6) is 0 Å². The topological polar surface area (TPSA) is 99.9 Å². The summed E-state index contributed by atoms with van der Waals surface area (Å²) < 4.78 is 32.1. The number of hydrogen-bond donors (Lipinski definition) is 1. The van der Waals surface area contributed by atoms with E-state index >= 15 is 0 Å². The van der Waals surface area contributed by atoms with Crippen molar-refractivity contribution in [3.05, 3.63) is 47.4 Å². The van der Waals surface area contributed by atoms with Crippen LogP contribution in [0.4, 0.5) is 5.69 Å². The molecular formula is C20H24ClN3O5S. The summed E-state index contributed by atoms with van der Waals surface area (Å²) in [5.74, 6) is -0.451. The van der Waals surface area contributed by atoms with Gasteiger partial charge in [-0.15, -0.1) is 0 Å². The molecule has 1 saturated heterocycles. The lowest BCUT2D eigenvalue weighted by Gasteiger charge is -2.19. The van der Waals surface area contributed by atoms with Crippen LogP contribution in [0.15, 0.2) is 45.9 Å². The molecule has 1 aromatic carbocycles. The average molecular weight is 454 g/mol. The Kier molecular flexibility index (Phi) is 6.84. The zero-order valence-corrected chi connectivity index (χ0v) is 18.4. The molecule has 1 atom stereocenters. The predicted octanol–water partition coefficient (Wildman–Crippen LogP) is 2.95. The van der Waals surface area contributed by atoms with Gasteiger partial charge in [0, 0.05) is 26.1 Å². The number of anilines is 1. The highest BCUT2D eigenvalue weighted by atomic mass is 35.5. The maximum absolute atomic E-state index is 12.7. The standard InChI is InChI=1S/C20H24ClN3O5S/c1-3-24(4-2)30(27,28)16-7-8-17(21)18(11-16)22-20(26)14-10-19(25)23(12-14)13-15-6-5-9-29-15/h5-9,11,14H,3-4,10,12-13H2,1-2H3,(H,22,26). The van der Waals surface area contributed by atoms with Gasteiger partial charge in [0.2, 0.25) is 21.8 Å². The summed E-state index contributed by atoms with van der Waals surface area (Å²) in [4.78, 5) is 26.6. The molecule has 2 heterocycles. The molecule has 162 valence electrons. The molecule has 0 saturated carbocycles. The first-order valence-electron chi connectivity index (χ1n) is 9.67. The van der Waals surface area contributed by atoms with Gasteiger partial charge in [-0.05, 0) is 30.3 Å². The van der Waals surface area contributed by atoms with Crippen molar-refractivity contribution in [1.82, 2.24) is 9.21 Å². The van der Waals surface area contributed by atoms with Crippen molar-refractivity contribution in [2.45, 2.75) is 31.7 Å². The molecule has 1 fully saturated rings. The van der Waals surface area contributed by atoms with Crippen LogP contribution in [0.3, 0.4) is 0 Å². The van der Waals surface area contributed by atoms with Crippen LogP contribution < -0.4 is 5.32 Å². The second-order valence-corrected chi connectivity index (χ2v) is 9.32. The first-order valence-corrected chi connectivity index (χ1v) is 11.5. The summed E-state index contributed by atoms with van der Waals surface area (Å²) in [6.07, 6.45) is 1.60. The number of hydrogen-bond acceptors (Lipinski definition) is 5. The fourth-order valence-electron chi connectivity index (χ4n) is 3.40. The van der Waals surface area contributed by atoms with E-state index in [-0.39, 0.29) is 40.4 Å². The zero-order chi connectivity index (χ0) is 21.9. The first kappa shape index (κ1) is 22.3. The highest BCUT2D eigenvalue weighted by Gasteiger charge is 2.35. The third kappa shape index (κ3) is 4.69. The monoisotopic (exact) mass is 453 g/mol. The molecule has 1 unspecified atom stereocenters. The number of furan rings is 1. The van der Waals surface area contributed by atoms with Crippen molar-refractivity contribution in [2.24, 2.45) is 5.92 Å². The van der Waals surface area contributed by atoms with Gasteiger partial charge in [-0.2, -0.15) is 4.31 Å². The van der Waals surface area contributed by atoms with Crippen LogP contribution >= 0.6 is 11.6 Å². The number of halogens is 1. The van der Waals surface area contributed by atoms with Gasteiger partial charge in [-0.25, -0.2) is 8.42 Å². The van der Waals surface area contributed by atoms with E-state index in [9.17, 15) is 18.0 Å². The molecule has 8 nitrogen and oxygen atoms in total. The highest BCUT2D eigenvalue weighted by Crippen LogP contribution is 2.29. The van der Waals surface area contributed by atoms with Gasteiger partial charge in [-0.1, -0.05) is 25.4 Å². The Morgan fingerprint density at radius 3 is 2.67 bits per heavy atom. The number of nitrogens with zero attached hydrogens (tertiary/aromatic N) is 2. The number of carbonyl (C=O) groups excluding carboxylic acids is 2. The van der Waals surface area contributed by atoms with Gasteiger partial charge in [0.05, 0.1) is 34.3 Å². The van der Waals surface area contributed by atoms with Crippen molar-refractivity contribution in [3.8, 4) is 0 Å². The molecule has 1 aliphatic heterocycles. The summed E-state index contributed by atoms with van der Waals surface area (Å²) in [5, 5.41) is 2.90. The summed E-state index contributed by atoms with van der Waals surface area (Å²) >= 11 is 6.18. The Morgan fingerprint density at radius 2 is 2.03 bits per heavy atom. The summed E-state index contributed by atoms with van der Waals surface area (Å²) in [6, 6.07) is 7.71. The second-order valence-electron chi connectivity index (χ2n) is 6.97. The molecule has 10 heteroatoms. The molecule has 1 N–H and O–H groups in total. The lowest BCUT2D eigenvalue weighted by molar-refractivity contribution is -0.128. The molecular weight excluding hydrogens is 430 g/mol. The molecule has 0 radical (unpaired) electrons. The maximum Gasteiger partial charge on any atom is 0.243 e. The van der Waals surface area contributed by atoms with E-state index in [0.29, 0.717) is 25.4 Å². The Morgan fingerprint density at radius 1 is 1.30 bits per heavy atom. The minimum atomic E-state index is -3.69. The SMILES string of the molecule is CCN(CC)S(=O)(=O)c1ccc(Cl)c(NC(=O)C2CC(=O)N(Cc3ccco3)C2)c1. The molecule has 2 amide bonds. The number of benzene rings is 1. The Labute approximate surface area is 180 Å². The molecule has 0 bridgehead atoms. The van der Waals surface area contributed by atoms with E-state index < -0.39 is 15.9 Å². The minimum Gasteiger partial charge on any atom is -0.467 e. The van der Waals surface area contributed by atoms with Crippen LogP contribution in [-0.2, 0) is 26.2 Å². The number of rotatable bonds is 8. The van der Waals surface area contributed by atoms with Gasteiger partial charge in [-0.3, -0.25) is 9.59 Å². The number of nitrogens with one attached hydrogen (secondary N) is 1. The van der Waals surface area contributed by atoms with E-state index in [2.05, 4.69) is 5.32 Å². The number of likely N-dealkylation sites (tertiary alicyclic amines) is 1. The van der Waals surface area contributed by atoms with Crippen LogP contribution in [0.2, 0.25) is 5.02 Å². The molecule has 3 rings (SSSR count). The molecule has 1 aliphatic rings. The van der Waals surface area contributed by atoms with Gasteiger partial charge in [0.15, 0.2) is 0 Å². The van der Waals surface area contributed by atoms with E-state index in [0.717, 1.165) is 0 Å². The van der Waals surface area contributed by atoms with Gasteiger partial charge in [0.25, 0.3) is 0 Å². The van der Waals surface area contributed by atoms with E-state index in [4.69, 9.17) is 16.0 Å². The quantitative estimate of drug-likeness (QED) is 0.662. The fraction of sp³-hybridized carbons (Fsp3) is 0.400. The largest absolute Gasteiger partial charge is 0.467 e. The van der Waals surface area contributed by atoms with Crippen LogP contribution in [0.25, 0.3) is 0 Å². The Balaban J connectivity index is 1.73. The van der Waals surface area contributed by atoms with Gasteiger partial charge >= 0.3 is 0 Å². The number of amides is 2. The van der Waals surface area contributed by atoms with Crippen molar-refractivity contribution in [1.29, 1.82) is 0 Å².